The van der Waals surface area contributed by atoms with Crippen LogP contribution >= 0.6 is 0 Å². The van der Waals surface area contributed by atoms with Gasteiger partial charge in [0.05, 0.1) is 19.4 Å². The first-order valence-corrected chi connectivity index (χ1v) is 9.54. The number of aromatic amines is 1. The lowest BCUT2D eigenvalue weighted by Crippen LogP contribution is -2.43. The van der Waals surface area contributed by atoms with Crippen molar-refractivity contribution in [2.75, 3.05) is 33.4 Å². The number of likely N-dealkylation sites (tertiary alicyclic amines) is 1. The fourth-order valence-electron chi connectivity index (χ4n) is 3.49. The summed E-state index contributed by atoms with van der Waals surface area (Å²) in [5.41, 5.74) is 2.10. The van der Waals surface area contributed by atoms with Gasteiger partial charge in [-0.1, -0.05) is 6.42 Å². The number of ether oxygens (including phenoxy) is 1. The summed E-state index contributed by atoms with van der Waals surface area (Å²) in [5, 5.41) is 19.4. The molecule has 27 heavy (non-hydrogen) atoms. The van der Waals surface area contributed by atoms with Gasteiger partial charge in [0, 0.05) is 24.7 Å². The van der Waals surface area contributed by atoms with Crippen LogP contribution in [0.4, 0.5) is 0 Å². The second-order valence-electron chi connectivity index (χ2n) is 6.87. The van der Waals surface area contributed by atoms with Crippen molar-refractivity contribution >= 4 is 5.91 Å². The Kier molecular flexibility index (Phi) is 6.84. The Morgan fingerprint density at radius 3 is 2.93 bits per heavy atom. The molecule has 1 fully saturated rings. The summed E-state index contributed by atoms with van der Waals surface area (Å²) in [6, 6.07) is 9.58. The zero-order valence-corrected chi connectivity index (χ0v) is 15.8. The fraction of sp³-hybridized carbons (Fsp3) is 0.500. The van der Waals surface area contributed by atoms with Crippen LogP contribution in [0.5, 0.6) is 5.75 Å². The smallest absolute Gasteiger partial charge is 0.269 e. The molecule has 146 valence electrons. The van der Waals surface area contributed by atoms with Crippen LogP contribution in [0.1, 0.15) is 36.2 Å². The Morgan fingerprint density at radius 2 is 2.19 bits per heavy atom. The number of hydrogen-bond donors (Lipinski definition) is 3. The number of amides is 1. The van der Waals surface area contributed by atoms with E-state index in [2.05, 4.69) is 20.4 Å². The minimum atomic E-state index is -0.153. The maximum Gasteiger partial charge on any atom is 0.269 e. The second-order valence-corrected chi connectivity index (χ2v) is 6.87. The summed E-state index contributed by atoms with van der Waals surface area (Å²) < 4.78 is 5.15. The molecule has 1 saturated heterocycles. The van der Waals surface area contributed by atoms with Crippen molar-refractivity contribution in [1.29, 1.82) is 0 Å². The lowest BCUT2D eigenvalue weighted by Gasteiger charge is -2.34. The van der Waals surface area contributed by atoms with Gasteiger partial charge in [0.25, 0.3) is 5.91 Å². The van der Waals surface area contributed by atoms with Crippen LogP contribution in [-0.2, 0) is 0 Å². The molecule has 7 heteroatoms. The van der Waals surface area contributed by atoms with Crippen LogP contribution in [0.3, 0.4) is 0 Å². The average Bonchev–Trinajstić information content (AvgIpc) is 3.22. The van der Waals surface area contributed by atoms with Crippen molar-refractivity contribution in [2.45, 2.75) is 31.7 Å². The Bertz CT molecular complexity index is 729. The maximum atomic E-state index is 12.3. The van der Waals surface area contributed by atoms with Gasteiger partial charge in [-0.25, -0.2) is 0 Å². The number of hydrogen-bond acceptors (Lipinski definition) is 5. The number of nitrogens with zero attached hydrogens (tertiary/aromatic N) is 2. The Hall–Kier alpha value is -2.38. The highest BCUT2D eigenvalue weighted by Gasteiger charge is 2.20. The number of benzene rings is 1. The largest absolute Gasteiger partial charge is 0.497 e. The minimum absolute atomic E-state index is 0.153. The molecule has 1 aromatic heterocycles. The van der Waals surface area contributed by atoms with Gasteiger partial charge >= 0.3 is 0 Å². The molecule has 1 aliphatic rings. The molecule has 7 nitrogen and oxygen atoms in total. The van der Waals surface area contributed by atoms with Gasteiger partial charge in [0.15, 0.2) is 0 Å². The van der Waals surface area contributed by atoms with Crippen LogP contribution in [0, 0.1) is 0 Å². The number of H-pyrrole nitrogens is 1. The monoisotopic (exact) mass is 372 g/mol. The molecule has 0 aliphatic carbocycles. The van der Waals surface area contributed by atoms with E-state index < -0.39 is 0 Å². The van der Waals surface area contributed by atoms with E-state index in [0.29, 0.717) is 12.2 Å². The van der Waals surface area contributed by atoms with Crippen molar-refractivity contribution in [3.8, 4) is 17.0 Å². The van der Waals surface area contributed by atoms with Crippen molar-refractivity contribution in [3.05, 3.63) is 36.0 Å². The van der Waals surface area contributed by atoms with E-state index in [1.54, 1.807) is 13.2 Å². The summed E-state index contributed by atoms with van der Waals surface area (Å²) in [7, 11) is 1.63. The lowest BCUT2D eigenvalue weighted by molar-refractivity contribution is 0.0867. The third-order valence-electron chi connectivity index (χ3n) is 5.08. The molecule has 0 spiro atoms. The first-order valence-electron chi connectivity index (χ1n) is 9.54. The van der Waals surface area contributed by atoms with Crippen molar-refractivity contribution in [1.82, 2.24) is 20.4 Å². The zero-order valence-electron chi connectivity index (χ0n) is 15.8. The number of methoxy groups -OCH3 is 1. The molecule has 2 heterocycles. The van der Waals surface area contributed by atoms with Gasteiger partial charge in [-0.15, -0.1) is 0 Å². The summed E-state index contributed by atoms with van der Waals surface area (Å²) in [4.78, 5) is 14.6. The van der Waals surface area contributed by atoms with E-state index in [-0.39, 0.29) is 18.6 Å². The first-order chi connectivity index (χ1) is 13.2. The van der Waals surface area contributed by atoms with E-state index in [1.165, 1.54) is 12.8 Å². The number of aliphatic hydroxyl groups excluding tert-OH is 1. The van der Waals surface area contributed by atoms with Crippen LogP contribution in [0.15, 0.2) is 30.3 Å². The van der Waals surface area contributed by atoms with Crippen molar-refractivity contribution < 1.29 is 14.6 Å². The van der Waals surface area contributed by atoms with Gasteiger partial charge in [0.2, 0.25) is 0 Å². The van der Waals surface area contributed by atoms with Crippen LogP contribution in [-0.4, -0.2) is 65.5 Å². The Morgan fingerprint density at radius 1 is 1.37 bits per heavy atom. The van der Waals surface area contributed by atoms with Gasteiger partial charge in [-0.05, 0) is 56.1 Å². The summed E-state index contributed by atoms with van der Waals surface area (Å²) in [5.74, 6) is 0.629. The summed E-state index contributed by atoms with van der Waals surface area (Å²) in [6.45, 7) is 2.75. The lowest BCUT2D eigenvalue weighted by atomic mass is 10.0. The minimum Gasteiger partial charge on any atom is -0.497 e. The van der Waals surface area contributed by atoms with Gasteiger partial charge in [-0.3, -0.25) is 14.8 Å². The molecule has 3 rings (SSSR count). The van der Waals surface area contributed by atoms with E-state index >= 15 is 0 Å². The summed E-state index contributed by atoms with van der Waals surface area (Å²) in [6.07, 6.45) is 4.30. The van der Waals surface area contributed by atoms with E-state index in [1.807, 2.05) is 24.3 Å². The predicted octanol–water partition coefficient (Wildman–Crippen LogP) is 2.05. The Labute approximate surface area is 159 Å². The normalized spacial score (nSPS) is 17.6. The summed E-state index contributed by atoms with van der Waals surface area (Å²) >= 11 is 0. The highest BCUT2D eigenvalue weighted by Crippen LogP contribution is 2.21. The third kappa shape index (κ3) is 5.08. The molecule has 0 unspecified atom stereocenters. The number of aromatic nitrogens is 2. The highest BCUT2D eigenvalue weighted by atomic mass is 16.5. The molecule has 0 bridgehead atoms. The average molecular weight is 372 g/mol. The van der Waals surface area contributed by atoms with Gasteiger partial charge in [-0.2, -0.15) is 5.10 Å². The quantitative estimate of drug-likeness (QED) is 0.617. The highest BCUT2D eigenvalue weighted by molar-refractivity contribution is 5.93. The SMILES string of the molecule is COc1ccc(-c2cc(C(=O)NCCCN3CCCC[C@@H]3CO)[nH]n2)cc1. The molecular formula is C20H28N4O3. The maximum absolute atomic E-state index is 12.3. The standard InChI is InChI=1S/C20H28N4O3/c1-27-17-8-6-15(7-9-17)18-13-19(23-22-18)20(26)21-10-4-12-24-11-3-2-5-16(24)14-25/h6-9,13,16,25H,2-5,10-12,14H2,1H3,(H,21,26)(H,22,23)/t16-/m1/s1. The van der Waals surface area contributed by atoms with Crippen LogP contribution in [0.2, 0.25) is 0 Å². The topological polar surface area (TPSA) is 90.5 Å². The molecule has 2 aromatic rings. The Balaban J connectivity index is 1.46. The number of nitrogens with one attached hydrogen (secondary N) is 2. The molecular weight excluding hydrogens is 344 g/mol. The zero-order chi connectivity index (χ0) is 19.1. The molecule has 1 atom stereocenters. The fourth-order valence-corrected chi connectivity index (χ4v) is 3.49. The van der Waals surface area contributed by atoms with Crippen molar-refractivity contribution in [3.63, 3.8) is 0 Å². The molecule has 1 aliphatic heterocycles. The molecule has 0 saturated carbocycles. The number of aliphatic hydroxyl groups is 1. The van der Waals surface area contributed by atoms with Crippen molar-refractivity contribution in [2.24, 2.45) is 0 Å². The molecule has 1 amide bonds. The van der Waals surface area contributed by atoms with E-state index in [0.717, 1.165) is 42.9 Å². The van der Waals surface area contributed by atoms with E-state index in [4.69, 9.17) is 4.74 Å². The van der Waals surface area contributed by atoms with Crippen LogP contribution in [0.25, 0.3) is 11.3 Å². The molecule has 0 radical (unpaired) electrons. The second kappa shape index (κ2) is 9.53. The van der Waals surface area contributed by atoms with Crippen LogP contribution < -0.4 is 10.1 Å². The first kappa shape index (κ1) is 19.4. The number of carbonyl (C=O) groups excluding carboxylic acids is 1. The number of carbonyl (C=O) groups is 1. The molecule has 3 N–H and O–H groups in total. The van der Waals surface area contributed by atoms with Gasteiger partial charge < -0.3 is 15.2 Å². The van der Waals surface area contributed by atoms with Gasteiger partial charge in [0.1, 0.15) is 11.4 Å². The third-order valence-corrected chi connectivity index (χ3v) is 5.08. The number of rotatable bonds is 8. The van der Waals surface area contributed by atoms with E-state index in [9.17, 15) is 9.90 Å². The molecule has 1 aromatic carbocycles. The number of piperidine rings is 1. The predicted molar refractivity (Wildman–Crippen MR) is 104 cm³/mol.